The number of nitrogens with zero attached hydrogens (tertiary/aromatic N) is 2. The van der Waals surface area contributed by atoms with Gasteiger partial charge in [0.15, 0.2) is 6.61 Å². The fourth-order valence-corrected chi connectivity index (χ4v) is 4.30. The second-order valence-corrected chi connectivity index (χ2v) is 6.84. The second-order valence-electron chi connectivity index (χ2n) is 5.75. The number of hydrogen-bond acceptors (Lipinski definition) is 6. The number of thiophene rings is 1. The lowest BCUT2D eigenvalue weighted by atomic mass is 10.2. The Hall–Kier alpha value is -2.67. The Morgan fingerprint density at radius 2 is 2.16 bits per heavy atom. The minimum atomic E-state index is -0.261. The Kier molecular flexibility index (Phi) is 4.23. The van der Waals surface area contributed by atoms with Crippen LogP contribution in [0, 0.1) is 0 Å². The molecule has 0 atom stereocenters. The first-order chi connectivity index (χ1) is 12.3. The Balaban J connectivity index is 1.50. The van der Waals surface area contributed by atoms with Gasteiger partial charge < -0.3 is 14.8 Å². The number of rotatable bonds is 5. The molecule has 3 aromatic rings. The minimum absolute atomic E-state index is 0.116. The van der Waals surface area contributed by atoms with Crippen molar-refractivity contribution in [2.75, 3.05) is 19.0 Å². The fraction of sp³-hybridized carbons (Fsp3) is 0.278. The maximum Gasteiger partial charge on any atom is 0.262 e. The summed E-state index contributed by atoms with van der Waals surface area (Å²) in [6.07, 6.45) is 4.75. The number of anilines is 1. The molecule has 2 heterocycles. The van der Waals surface area contributed by atoms with Crippen molar-refractivity contribution in [3.63, 3.8) is 0 Å². The van der Waals surface area contributed by atoms with Crippen molar-refractivity contribution in [3.8, 4) is 11.6 Å². The van der Waals surface area contributed by atoms with Gasteiger partial charge >= 0.3 is 0 Å². The van der Waals surface area contributed by atoms with Gasteiger partial charge in [-0.3, -0.25) is 4.79 Å². The smallest absolute Gasteiger partial charge is 0.262 e. The van der Waals surface area contributed by atoms with E-state index in [1.54, 1.807) is 30.6 Å². The molecule has 6 nitrogen and oxygen atoms in total. The summed E-state index contributed by atoms with van der Waals surface area (Å²) in [5, 5.41) is 3.76. The fourth-order valence-electron chi connectivity index (χ4n) is 3.08. The van der Waals surface area contributed by atoms with Crippen LogP contribution in [0.25, 0.3) is 10.2 Å². The van der Waals surface area contributed by atoms with Crippen LogP contribution in [0.3, 0.4) is 0 Å². The van der Waals surface area contributed by atoms with Crippen molar-refractivity contribution in [3.05, 3.63) is 41.0 Å². The molecule has 128 valence electrons. The molecule has 1 amide bonds. The summed E-state index contributed by atoms with van der Waals surface area (Å²) >= 11 is 1.69. The first-order valence-electron chi connectivity index (χ1n) is 8.07. The van der Waals surface area contributed by atoms with E-state index in [1.807, 2.05) is 12.1 Å². The maximum absolute atomic E-state index is 12.2. The van der Waals surface area contributed by atoms with Crippen LogP contribution in [0.15, 0.2) is 30.6 Å². The first-order valence-corrected chi connectivity index (χ1v) is 8.89. The van der Waals surface area contributed by atoms with Crippen molar-refractivity contribution < 1.29 is 14.3 Å². The zero-order chi connectivity index (χ0) is 17.2. The number of aryl methyl sites for hydroxylation is 2. The van der Waals surface area contributed by atoms with Gasteiger partial charge in [0.2, 0.25) is 5.88 Å². The third kappa shape index (κ3) is 3.02. The summed E-state index contributed by atoms with van der Waals surface area (Å²) in [5.74, 6) is 0.832. The molecule has 1 aliphatic carbocycles. The summed E-state index contributed by atoms with van der Waals surface area (Å²) in [6.45, 7) is -0.116. The topological polar surface area (TPSA) is 73.3 Å². The summed E-state index contributed by atoms with van der Waals surface area (Å²) in [7, 11) is 1.57. The Bertz CT molecular complexity index is 938. The van der Waals surface area contributed by atoms with Crippen molar-refractivity contribution >= 4 is 33.1 Å². The number of methoxy groups -OCH3 is 1. The zero-order valence-corrected chi connectivity index (χ0v) is 14.6. The molecule has 0 radical (unpaired) electrons. The monoisotopic (exact) mass is 355 g/mol. The van der Waals surface area contributed by atoms with E-state index >= 15 is 0 Å². The summed E-state index contributed by atoms with van der Waals surface area (Å²) in [5.41, 5.74) is 1.89. The standard InChI is InChI=1S/C18H17N3O3S/c1-23-13-7-3-2-6-12(13)21-15(22)9-24-17-16-11-5-4-8-14(11)25-18(16)20-10-19-17/h2-3,6-7,10H,4-5,8-9H2,1H3,(H,21,22). The van der Waals surface area contributed by atoms with Gasteiger partial charge in [-0.05, 0) is 37.0 Å². The van der Waals surface area contributed by atoms with Crippen molar-refractivity contribution in [1.29, 1.82) is 0 Å². The molecule has 1 N–H and O–H groups in total. The molecule has 0 spiro atoms. The van der Waals surface area contributed by atoms with E-state index in [-0.39, 0.29) is 12.5 Å². The molecule has 1 aliphatic rings. The molecule has 1 aromatic carbocycles. The summed E-state index contributed by atoms with van der Waals surface area (Å²) < 4.78 is 10.9. The molecule has 0 aliphatic heterocycles. The highest BCUT2D eigenvalue weighted by Crippen LogP contribution is 2.39. The molecule has 25 heavy (non-hydrogen) atoms. The van der Waals surface area contributed by atoms with E-state index in [9.17, 15) is 4.79 Å². The molecule has 4 rings (SSSR count). The van der Waals surface area contributed by atoms with Gasteiger partial charge in [-0.2, -0.15) is 0 Å². The van der Waals surface area contributed by atoms with E-state index in [2.05, 4.69) is 15.3 Å². The predicted molar refractivity (Wildman–Crippen MR) is 96.6 cm³/mol. The Labute approximate surface area is 148 Å². The molecule has 0 fully saturated rings. The number of carbonyl (C=O) groups excluding carboxylic acids is 1. The van der Waals surface area contributed by atoms with Gasteiger partial charge in [0, 0.05) is 4.88 Å². The van der Waals surface area contributed by atoms with E-state index in [0.29, 0.717) is 17.3 Å². The van der Waals surface area contributed by atoms with Crippen LogP contribution in [0.4, 0.5) is 5.69 Å². The van der Waals surface area contributed by atoms with Gasteiger partial charge in [-0.15, -0.1) is 11.3 Å². The van der Waals surface area contributed by atoms with Gasteiger partial charge in [-0.25, -0.2) is 9.97 Å². The third-order valence-corrected chi connectivity index (χ3v) is 5.39. The van der Waals surface area contributed by atoms with Gasteiger partial charge in [-0.1, -0.05) is 12.1 Å². The minimum Gasteiger partial charge on any atom is -0.495 e. The molecule has 0 bridgehead atoms. The number of nitrogens with one attached hydrogen (secondary N) is 1. The molecule has 0 saturated carbocycles. The highest BCUT2D eigenvalue weighted by molar-refractivity contribution is 7.18. The largest absolute Gasteiger partial charge is 0.495 e. The van der Waals surface area contributed by atoms with Crippen LogP contribution in [0.5, 0.6) is 11.6 Å². The van der Waals surface area contributed by atoms with Crippen LogP contribution in [-0.4, -0.2) is 29.6 Å². The van der Waals surface area contributed by atoms with Crippen molar-refractivity contribution in [1.82, 2.24) is 9.97 Å². The lowest BCUT2D eigenvalue weighted by Crippen LogP contribution is -2.21. The van der Waals surface area contributed by atoms with Crippen LogP contribution in [0.1, 0.15) is 16.9 Å². The van der Waals surface area contributed by atoms with Crippen molar-refractivity contribution in [2.45, 2.75) is 19.3 Å². The van der Waals surface area contributed by atoms with Gasteiger partial charge in [0.25, 0.3) is 5.91 Å². The zero-order valence-electron chi connectivity index (χ0n) is 13.7. The van der Waals surface area contributed by atoms with E-state index in [0.717, 1.165) is 29.5 Å². The average Bonchev–Trinajstić information content (AvgIpc) is 3.21. The van der Waals surface area contributed by atoms with Crippen LogP contribution >= 0.6 is 11.3 Å². The summed E-state index contributed by atoms with van der Waals surface area (Å²) in [6, 6.07) is 7.26. The highest BCUT2D eigenvalue weighted by atomic mass is 32.1. The molecular weight excluding hydrogens is 338 g/mol. The first kappa shape index (κ1) is 15.8. The molecule has 7 heteroatoms. The number of amides is 1. The summed E-state index contributed by atoms with van der Waals surface area (Å²) in [4.78, 5) is 23.1. The third-order valence-electron chi connectivity index (χ3n) is 4.19. The predicted octanol–water partition coefficient (Wildman–Crippen LogP) is 3.21. The number of para-hydroxylation sites is 2. The lowest BCUT2D eigenvalue weighted by molar-refractivity contribution is -0.118. The van der Waals surface area contributed by atoms with Gasteiger partial charge in [0.05, 0.1) is 18.2 Å². The maximum atomic E-state index is 12.2. The van der Waals surface area contributed by atoms with E-state index in [4.69, 9.17) is 9.47 Å². The number of carbonyl (C=O) groups is 1. The van der Waals surface area contributed by atoms with E-state index < -0.39 is 0 Å². The number of aromatic nitrogens is 2. The number of fused-ring (bicyclic) bond motifs is 3. The number of hydrogen-bond donors (Lipinski definition) is 1. The van der Waals surface area contributed by atoms with Crippen LogP contribution in [-0.2, 0) is 17.6 Å². The number of ether oxygens (including phenoxy) is 2. The lowest BCUT2D eigenvalue weighted by Gasteiger charge is -2.10. The molecule has 0 saturated heterocycles. The van der Waals surface area contributed by atoms with Gasteiger partial charge in [0.1, 0.15) is 16.9 Å². The SMILES string of the molecule is COc1ccccc1NC(=O)COc1ncnc2sc3c(c12)CCC3. The van der Waals surface area contributed by atoms with Crippen LogP contribution in [0.2, 0.25) is 0 Å². The molecular formula is C18H17N3O3S. The van der Waals surface area contributed by atoms with E-state index in [1.165, 1.54) is 16.8 Å². The number of benzene rings is 1. The quantitative estimate of drug-likeness (QED) is 0.761. The normalized spacial score (nSPS) is 12.8. The van der Waals surface area contributed by atoms with Crippen LogP contribution < -0.4 is 14.8 Å². The molecule has 0 unspecified atom stereocenters. The Morgan fingerprint density at radius 3 is 3.04 bits per heavy atom. The van der Waals surface area contributed by atoms with Crippen molar-refractivity contribution in [2.24, 2.45) is 0 Å². The highest BCUT2D eigenvalue weighted by Gasteiger charge is 2.22. The average molecular weight is 355 g/mol. The second kappa shape index (κ2) is 6.68. The Morgan fingerprint density at radius 1 is 1.28 bits per heavy atom. The molecule has 2 aromatic heterocycles.